The third-order valence-corrected chi connectivity index (χ3v) is 4.26. The molecule has 2 aromatic heterocycles. The van der Waals surface area contributed by atoms with Crippen LogP contribution in [-0.2, 0) is 17.8 Å². The first-order valence-corrected chi connectivity index (χ1v) is 8.33. The van der Waals surface area contributed by atoms with Gasteiger partial charge in [0, 0.05) is 17.5 Å². The molecule has 26 heavy (non-hydrogen) atoms. The molecule has 0 saturated carbocycles. The Morgan fingerprint density at radius 3 is 2.42 bits per heavy atom. The molecular formula is C20H19N3O3. The number of hydrogen-bond acceptors (Lipinski definition) is 4. The number of nitrogens with two attached hydrogens (primary N) is 1. The number of primary amides is 1. The van der Waals surface area contributed by atoms with E-state index in [0.29, 0.717) is 16.9 Å². The molecule has 6 nitrogen and oxygen atoms in total. The monoisotopic (exact) mass is 349 g/mol. The van der Waals surface area contributed by atoms with Crippen molar-refractivity contribution in [3.63, 3.8) is 0 Å². The van der Waals surface area contributed by atoms with Crippen molar-refractivity contribution >= 4 is 22.7 Å². The van der Waals surface area contributed by atoms with E-state index in [-0.39, 0.29) is 17.5 Å². The maximum atomic E-state index is 12.9. The lowest BCUT2D eigenvalue weighted by atomic mass is 10.0. The van der Waals surface area contributed by atoms with E-state index in [9.17, 15) is 14.4 Å². The highest BCUT2D eigenvalue weighted by atomic mass is 16.1. The molecule has 0 fully saturated rings. The van der Waals surface area contributed by atoms with E-state index in [1.54, 1.807) is 31.2 Å². The van der Waals surface area contributed by atoms with E-state index < -0.39 is 17.1 Å². The van der Waals surface area contributed by atoms with Crippen molar-refractivity contribution in [3.8, 4) is 0 Å². The van der Waals surface area contributed by atoms with Gasteiger partial charge in [0.15, 0.2) is 5.78 Å². The Morgan fingerprint density at radius 1 is 1.12 bits per heavy atom. The largest absolute Gasteiger partial charge is 0.368 e. The van der Waals surface area contributed by atoms with E-state index in [1.165, 1.54) is 10.8 Å². The van der Waals surface area contributed by atoms with Crippen molar-refractivity contribution in [1.29, 1.82) is 0 Å². The van der Waals surface area contributed by atoms with Crippen molar-refractivity contribution in [2.45, 2.75) is 26.8 Å². The number of ketones is 1. The SMILES string of the molecule is CCc1ccc(C(=O)c2cn(CC(N)=O)c3nc(C)ccc3c2=O)cc1. The Bertz CT molecular complexity index is 1070. The van der Waals surface area contributed by atoms with Gasteiger partial charge in [-0.15, -0.1) is 0 Å². The summed E-state index contributed by atoms with van der Waals surface area (Å²) in [5.41, 5.74) is 7.46. The lowest BCUT2D eigenvalue weighted by molar-refractivity contribution is -0.118. The Labute approximate surface area is 150 Å². The summed E-state index contributed by atoms with van der Waals surface area (Å²) >= 11 is 0. The summed E-state index contributed by atoms with van der Waals surface area (Å²) in [7, 11) is 0. The van der Waals surface area contributed by atoms with Crippen LogP contribution in [0.1, 0.15) is 34.1 Å². The Hall–Kier alpha value is -3.28. The minimum Gasteiger partial charge on any atom is -0.368 e. The average molecular weight is 349 g/mol. The van der Waals surface area contributed by atoms with E-state index in [4.69, 9.17) is 5.73 Å². The van der Waals surface area contributed by atoms with Gasteiger partial charge < -0.3 is 10.3 Å². The molecule has 0 aliphatic heterocycles. The Kier molecular flexibility index (Phi) is 4.67. The van der Waals surface area contributed by atoms with Crippen molar-refractivity contribution in [2.24, 2.45) is 5.73 Å². The van der Waals surface area contributed by atoms with Gasteiger partial charge in [-0.25, -0.2) is 4.98 Å². The second-order valence-corrected chi connectivity index (χ2v) is 6.17. The van der Waals surface area contributed by atoms with E-state index in [0.717, 1.165) is 12.0 Å². The molecule has 3 aromatic rings. The summed E-state index contributed by atoms with van der Waals surface area (Å²) in [5, 5.41) is 0.285. The highest BCUT2D eigenvalue weighted by molar-refractivity contribution is 6.10. The normalized spacial score (nSPS) is 10.8. The first kappa shape index (κ1) is 17.5. The summed E-state index contributed by atoms with van der Waals surface area (Å²) in [6.07, 6.45) is 2.23. The van der Waals surface area contributed by atoms with Crippen LogP contribution >= 0.6 is 0 Å². The highest BCUT2D eigenvalue weighted by Gasteiger charge is 2.18. The third-order valence-electron chi connectivity index (χ3n) is 4.26. The highest BCUT2D eigenvalue weighted by Crippen LogP contribution is 2.14. The number of carbonyl (C=O) groups is 2. The number of carbonyl (C=O) groups excluding carboxylic acids is 2. The number of fused-ring (bicyclic) bond motifs is 1. The third kappa shape index (κ3) is 3.26. The van der Waals surface area contributed by atoms with Crippen molar-refractivity contribution in [2.75, 3.05) is 0 Å². The zero-order valence-corrected chi connectivity index (χ0v) is 14.7. The van der Waals surface area contributed by atoms with Crippen LogP contribution in [0.4, 0.5) is 0 Å². The predicted molar refractivity (Wildman–Crippen MR) is 99.2 cm³/mol. The first-order valence-electron chi connectivity index (χ1n) is 8.33. The fourth-order valence-electron chi connectivity index (χ4n) is 2.86. The average Bonchev–Trinajstić information content (AvgIpc) is 2.63. The van der Waals surface area contributed by atoms with Gasteiger partial charge in [0.25, 0.3) is 0 Å². The van der Waals surface area contributed by atoms with Gasteiger partial charge in [0.1, 0.15) is 12.2 Å². The van der Waals surface area contributed by atoms with Gasteiger partial charge >= 0.3 is 0 Å². The molecule has 1 aromatic carbocycles. The summed E-state index contributed by atoms with van der Waals surface area (Å²) in [6, 6.07) is 10.5. The van der Waals surface area contributed by atoms with Crippen molar-refractivity contribution in [3.05, 3.63) is 75.2 Å². The predicted octanol–water partition coefficient (Wildman–Crippen LogP) is 1.98. The number of nitrogens with zero attached hydrogens (tertiary/aromatic N) is 2. The molecule has 0 saturated heterocycles. The van der Waals surface area contributed by atoms with E-state index >= 15 is 0 Å². The van der Waals surface area contributed by atoms with Crippen LogP contribution in [0.15, 0.2) is 47.4 Å². The lowest BCUT2D eigenvalue weighted by Gasteiger charge is -2.11. The second kappa shape index (κ2) is 6.92. The van der Waals surface area contributed by atoms with Crippen LogP contribution in [0, 0.1) is 6.92 Å². The summed E-state index contributed by atoms with van der Waals surface area (Å²) in [5.74, 6) is -0.970. The van der Waals surface area contributed by atoms with Gasteiger partial charge in [0.2, 0.25) is 11.3 Å². The zero-order chi connectivity index (χ0) is 18.8. The van der Waals surface area contributed by atoms with Gasteiger partial charge in [0.05, 0.1) is 10.9 Å². The topological polar surface area (TPSA) is 95.1 Å². The molecule has 1 amide bonds. The van der Waals surface area contributed by atoms with Gasteiger partial charge in [-0.1, -0.05) is 31.2 Å². The minimum atomic E-state index is -0.580. The van der Waals surface area contributed by atoms with Gasteiger partial charge in [-0.05, 0) is 31.0 Å². The van der Waals surface area contributed by atoms with Crippen LogP contribution in [0.25, 0.3) is 11.0 Å². The molecule has 132 valence electrons. The molecule has 2 N–H and O–H groups in total. The van der Waals surface area contributed by atoms with Crippen molar-refractivity contribution in [1.82, 2.24) is 9.55 Å². The molecular weight excluding hydrogens is 330 g/mol. The Balaban J connectivity index is 2.20. The lowest BCUT2D eigenvalue weighted by Crippen LogP contribution is -2.25. The second-order valence-electron chi connectivity index (χ2n) is 6.17. The number of hydrogen-bond donors (Lipinski definition) is 1. The number of aryl methyl sites for hydroxylation is 2. The first-order chi connectivity index (χ1) is 12.4. The number of benzene rings is 1. The fraction of sp³-hybridized carbons (Fsp3) is 0.200. The molecule has 0 unspecified atom stereocenters. The molecule has 2 heterocycles. The number of pyridine rings is 2. The molecule has 0 aliphatic rings. The minimum absolute atomic E-state index is 0.00588. The quantitative estimate of drug-likeness (QED) is 0.713. The van der Waals surface area contributed by atoms with Crippen LogP contribution < -0.4 is 11.2 Å². The smallest absolute Gasteiger partial charge is 0.237 e. The molecule has 0 atom stereocenters. The van der Waals surface area contributed by atoms with Crippen LogP contribution in [0.2, 0.25) is 0 Å². The molecule has 3 rings (SSSR count). The Morgan fingerprint density at radius 2 is 1.81 bits per heavy atom. The standard InChI is InChI=1S/C20H19N3O3/c1-3-13-5-7-14(8-6-13)18(25)16-10-23(11-17(21)24)20-15(19(16)26)9-4-12(2)22-20/h4-10H,3,11H2,1-2H3,(H2,21,24). The maximum absolute atomic E-state index is 12.9. The summed E-state index contributed by atoms with van der Waals surface area (Å²) in [4.78, 5) is 41.4. The van der Waals surface area contributed by atoms with Gasteiger partial charge in [-0.3, -0.25) is 14.4 Å². The zero-order valence-electron chi connectivity index (χ0n) is 14.7. The van der Waals surface area contributed by atoms with E-state index in [2.05, 4.69) is 4.98 Å². The number of rotatable bonds is 5. The molecule has 0 aliphatic carbocycles. The van der Waals surface area contributed by atoms with Crippen LogP contribution in [0.3, 0.4) is 0 Å². The number of amides is 1. The molecule has 0 radical (unpaired) electrons. The molecule has 0 bridgehead atoms. The van der Waals surface area contributed by atoms with Crippen molar-refractivity contribution < 1.29 is 9.59 Å². The van der Waals surface area contributed by atoms with Crippen LogP contribution in [-0.4, -0.2) is 21.2 Å². The van der Waals surface area contributed by atoms with Gasteiger partial charge in [-0.2, -0.15) is 0 Å². The maximum Gasteiger partial charge on any atom is 0.237 e. The molecule has 0 spiro atoms. The number of aromatic nitrogens is 2. The van der Waals surface area contributed by atoms with E-state index in [1.807, 2.05) is 19.1 Å². The van der Waals surface area contributed by atoms with Crippen LogP contribution in [0.5, 0.6) is 0 Å². The fourth-order valence-corrected chi connectivity index (χ4v) is 2.86. The summed E-state index contributed by atoms with van der Waals surface area (Å²) < 4.78 is 1.46. The summed E-state index contributed by atoms with van der Waals surface area (Å²) in [6.45, 7) is 3.65. The molecule has 6 heteroatoms.